The Balaban J connectivity index is 3.28. The van der Waals surface area contributed by atoms with E-state index in [0.717, 1.165) is 44.9 Å². The first kappa shape index (κ1) is 26.9. The molecule has 0 atom stereocenters. The van der Waals surface area contributed by atoms with Crippen LogP contribution >= 0.6 is 0 Å². The van der Waals surface area contributed by atoms with Gasteiger partial charge in [-0.05, 0) is 25.7 Å². The van der Waals surface area contributed by atoms with Crippen molar-refractivity contribution < 1.29 is 19.1 Å². The van der Waals surface area contributed by atoms with E-state index in [9.17, 15) is 9.59 Å². The van der Waals surface area contributed by atoms with Gasteiger partial charge in [0.1, 0.15) is 0 Å². The van der Waals surface area contributed by atoms with Gasteiger partial charge in [0, 0.05) is 12.8 Å². The lowest BCUT2D eigenvalue weighted by Crippen LogP contribution is -2.07. The summed E-state index contributed by atoms with van der Waals surface area (Å²) in [5, 5.41) is 0. The molecule has 28 heavy (non-hydrogen) atoms. The molecule has 0 saturated heterocycles. The van der Waals surface area contributed by atoms with Crippen LogP contribution in [0.25, 0.3) is 0 Å². The smallest absolute Gasteiger partial charge is 0.305 e. The van der Waals surface area contributed by atoms with Crippen LogP contribution in [-0.2, 0) is 19.1 Å². The zero-order valence-corrected chi connectivity index (χ0v) is 18.8. The second-order valence-corrected chi connectivity index (χ2v) is 7.89. The molecule has 0 spiro atoms. The van der Waals surface area contributed by atoms with Crippen LogP contribution in [-0.4, -0.2) is 25.2 Å². The number of hydrogen-bond donors (Lipinski definition) is 0. The first-order valence-corrected chi connectivity index (χ1v) is 12.0. The molecule has 4 heteroatoms. The molecule has 0 aromatic rings. The number of carbonyl (C=O) groups is 2. The third-order valence-electron chi connectivity index (χ3n) is 5.03. The van der Waals surface area contributed by atoms with Crippen molar-refractivity contribution in [3.63, 3.8) is 0 Å². The zero-order chi connectivity index (χ0) is 20.7. The van der Waals surface area contributed by atoms with Crippen LogP contribution in [0.15, 0.2) is 0 Å². The quantitative estimate of drug-likeness (QED) is 0.152. The normalized spacial score (nSPS) is 10.8. The average molecular weight is 399 g/mol. The van der Waals surface area contributed by atoms with E-state index in [-0.39, 0.29) is 11.9 Å². The summed E-state index contributed by atoms with van der Waals surface area (Å²) in [7, 11) is 0. The molecule has 0 aliphatic heterocycles. The Kier molecular flexibility index (Phi) is 21.4. The fourth-order valence-electron chi connectivity index (χ4n) is 3.17. The maximum Gasteiger partial charge on any atom is 0.305 e. The summed E-state index contributed by atoms with van der Waals surface area (Å²) in [4.78, 5) is 23.3. The highest BCUT2D eigenvalue weighted by atomic mass is 16.5. The van der Waals surface area contributed by atoms with Gasteiger partial charge in [0.2, 0.25) is 0 Å². The van der Waals surface area contributed by atoms with Crippen LogP contribution in [0.1, 0.15) is 129 Å². The van der Waals surface area contributed by atoms with E-state index in [4.69, 9.17) is 9.47 Å². The van der Waals surface area contributed by atoms with E-state index in [1.807, 2.05) is 0 Å². The minimum Gasteiger partial charge on any atom is -0.466 e. The Hall–Kier alpha value is -1.06. The minimum atomic E-state index is -0.104. The summed E-state index contributed by atoms with van der Waals surface area (Å²) in [5.74, 6) is -0.203. The SMILES string of the molecule is CCCCCCCCCCOC(=O)CCCCCC(=O)OCCCCCCC. The topological polar surface area (TPSA) is 52.6 Å². The number of ether oxygens (including phenoxy) is 2. The van der Waals surface area contributed by atoms with Crippen LogP contribution in [0.3, 0.4) is 0 Å². The molecule has 0 aliphatic carbocycles. The van der Waals surface area contributed by atoms with Crippen molar-refractivity contribution in [2.75, 3.05) is 13.2 Å². The van der Waals surface area contributed by atoms with E-state index >= 15 is 0 Å². The van der Waals surface area contributed by atoms with E-state index in [0.29, 0.717) is 26.1 Å². The highest BCUT2D eigenvalue weighted by Crippen LogP contribution is 2.09. The molecule has 0 aromatic heterocycles. The molecule has 0 aromatic carbocycles. The van der Waals surface area contributed by atoms with Gasteiger partial charge in [-0.3, -0.25) is 9.59 Å². The van der Waals surface area contributed by atoms with Crippen molar-refractivity contribution in [2.24, 2.45) is 0 Å². The Bertz CT molecular complexity index is 355. The van der Waals surface area contributed by atoms with Crippen molar-refractivity contribution in [1.29, 1.82) is 0 Å². The number of carbonyl (C=O) groups excluding carboxylic acids is 2. The second kappa shape index (κ2) is 22.2. The van der Waals surface area contributed by atoms with Gasteiger partial charge in [-0.2, -0.15) is 0 Å². The average Bonchev–Trinajstić information content (AvgIpc) is 2.69. The summed E-state index contributed by atoms with van der Waals surface area (Å²) in [6.07, 6.45) is 19.2. The number of esters is 2. The molecule has 0 bridgehead atoms. The molecular weight excluding hydrogens is 352 g/mol. The van der Waals surface area contributed by atoms with E-state index < -0.39 is 0 Å². The number of rotatable bonds is 21. The van der Waals surface area contributed by atoms with Crippen LogP contribution in [0.5, 0.6) is 0 Å². The predicted octanol–water partition coefficient (Wildman–Crippen LogP) is 7.13. The number of hydrogen-bond acceptors (Lipinski definition) is 4. The molecule has 0 N–H and O–H groups in total. The van der Waals surface area contributed by atoms with E-state index in [2.05, 4.69) is 13.8 Å². The van der Waals surface area contributed by atoms with Crippen LogP contribution in [0.2, 0.25) is 0 Å². The van der Waals surface area contributed by atoms with Crippen LogP contribution in [0.4, 0.5) is 0 Å². The van der Waals surface area contributed by atoms with Crippen molar-refractivity contribution >= 4 is 11.9 Å². The maximum atomic E-state index is 11.7. The predicted molar refractivity (Wildman–Crippen MR) is 116 cm³/mol. The molecule has 0 aliphatic rings. The van der Waals surface area contributed by atoms with Gasteiger partial charge in [-0.15, -0.1) is 0 Å². The monoisotopic (exact) mass is 398 g/mol. The van der Waals surface area contributed by atoms with Crippen molar-refractivity contribution in [3.05, 3.63) is 0 Å². The van der Waals surface area contributed by atoms with E-state index in [1.54, 1.807) is 0 Å². The summed E-state index contributed by atoms with van der Waals surface area (Å²) >= 11 is 0. The third kappa shape index (κ3) is 21.2. The first-order chi connectivity index (χ1) is 13.7. The lowest BCUT2D eigenvalue weighted by atomic mass is 10.1. The van der Waals surface area contributed by atoms with Gasteiger partial charge in [0.25, 0.3) is 0 Å². The van der Waals surface area contributed by atoms with Gasteiger partial charge in [-0.25, -0.2) is 0 Å². The summed E-state index contributed by atoms with van der Waals surface area (Å²) in [6.45, 7) is 5.53. The molecule has 4 nitrogen and oxygen atoms in total. The van der Waals surface area contributed by atoms with E-state index in [1.165, 1.54) is 57.8 Å². The molecule has 0 fully saturated rings. The largest absolute Gasteiger partial charge is 0.466 e. The number of unbranched alkanes of at least 4 members (excludes halogenated alkanes) is 13. The van der Waals surface area contributed by atoms with Crippen molar-refractivity contribution in [1.82, 2.24) is 0 Å². The zero-order valence-electron chi connectivity index (χ0n) is 18.8. The highest BCUT2D eigenvalue weighted by Gasteiger charge is 2.05. The van der Waals surface area contributed by atoms with Crippen molar-refractivity contribution in [3.8, 4) is 0 Å². The van der Waals surface area contributed by atoms with Gasteiger partial charge >= 0.3 is 11.9 Å². The molecule has 0 amide bonds. The Labute approximate surface area is 174 Å². The van der Waals surface area contributed by atoms with Crippen molar-refractivity contribution in [2.45, 2.75) is 129 Å². The lowest BCUT2D eigenvalue weighted by Gasteiger charge is -2.06. The fourth-order valence-corrected chi connectivity index (χ4v) is 3.17. The highest BCUT2D eigenvalue weighted by molar-refractivity contribution is 5.69. The Morgan fingerprint density at radius 1 is 0.464 bits per heavy atom. The summed E-state index contributed by atoms with van der Waals surface area (Å²) < 4.78 is 10.5. The summed E-state index contributed by atoms with van der Waals surface area (Å²) in [6, 6.07) is 0. The molecule has 0 radical (unpaired) electrons. The minimum absolute atomic E-state index is 0.0994. The first-order valence-electron chi connectivity index (χ1n) is 12.0. The molecule has 166 valence electrons. The molecule has 0 rings (SSSR count). The molecular formula is C24H46O4. The summed E-state index contributed by atoms with van der Waals surface area (Å²) in [5.41, 5.74) is 0. The van der Waals surface area contributed by atoms with Gasteiger partial charge in [-0.1, -0.05) is 90.9 Å². The van der Waals surface area contributed by atoms with Gasteiger partial charge < -0.3 is 9.47 Å². The second-order valence-electron chi connectivity index (χ2n) is 7.89. The molecule has 0 heterocycles. The van der Waals surface area contributed by atoms with Gasteiger partial charge in [0.15, 0.2) is 0 Å². The third-order valence-corrected chi connectivity index (χ3v) is 5.03. The lowest BCUT2D eigenvalue weighted by molar-refractivity contribution is -0.144. The van der Waals surface area contributed by atoms with Crippen LogP contribution in [0, 0.1) is 0 Å². The Morgan fingerprint density at radius 3 is 1.18 bits per heavy atom. The van der Waals surface area contributed by atoms with Crippen LogP contribution < -0.4 is 0 Å². The molecule has 0 unspecified atom stereocenters. The van der Waals surface area contributed by atoms with Gasteiger partial charge in [0.05, 0.1) is 13.2 Å². The fraction of sp³-hybridized carbons (Fsp3) is 0.917. The Morgan fingerprint density at radius 2 is 0.786 bits per heavy atom. The molecule has 0 saturated carbocycles. The standard InChI is InChI=1S/C24H46O4/c1-3-5-7-9-10-11-13-18-22-28-24(26)20-16-14-15-19-23(25)27-21-17-12-8-6-4-2/h3-22H2,1-2H3. The maximum absolute atomic E-state index is 11.7.